The number of aromatic nitrogens is 2. The van der Waals surface area contributed by atoms with Crippen LogP contribution in [-0.4, -0.2) is 39.9 Å². The molecule has 0 aromatic carbocycles. The zero-order chi connectivity index (χ0) is 20.1. The van der Waals surface area contributed by atoms with Gasteiger partial charge >= 0.3 is 6.03 Å². The summed E-state index contributed by atoms with van der Waals surface area (Å²) in [6.45, 7) is 1.60. The van der Waals surface area contributed by atoms with Crippen LogP contribution in [0.2, 0.25) is 0 Å². The number of anilines is 1. The number of rotatable bonds is 5. The molecule has 0 saturated carbocycles. The lowest BCUT2D eigenvalue weighted by Gasteiger charge is -2.31. The normalized spacial score (nSPS) is 16.4. The number of likely N-dealkylation sites (tertiary alicyclic amines) is 1. The molecule has 3 aromatic rings. The van der Waals surface area contributed by atoms with E-state index < -0.39 is 0 Å². The quantitative estimate of drug-likeness (QED) is 0.648. The Morgan fingerprint density at radius 3 is 2.97 bits per heavy atom. The molecule has 1 unspecified atom stereocenters. The summed E-state index contributed by atoms with van der Waals surface area (Å²) in [5.74, 6) is -0.324. The Balaban J connectivity index is 1.31. The molecule has 4 rings (SSSR count). The van der Waals surface area contributed by atoms with Crippen molar-refractivity contribution in [2.45, 2.75) is 19.4 Å². The summed E-state index contributed by atoms with van der Waals surface area (Å²) < 4.78 is 0. The van der Waals surface area contributed by atoms with E-state index >= 15 is 0 Å². The van der Waals surface area contributed by atoms with Crippen LogP contribution in [-0.2, 0) is 11.3 Å². The number of pyridine rings is 1. The fraction of sp³-hybridized carbons (Fsp3) is 0.300. The van der Waals surface area contributed by atoms with Crippen molar-refractivity contribution in [3.05, 3.63) is 52.3 Å². The van der Waals surface area contributed by atoms with Crippen LogP contribution in [0.4, 0.5) is 9.93 Å². The molecule has 29 heavy (non-hydrogen) atoms. The summed E-state index contributed by atoms with van der Waals surface area (Å²) in [7, 11) is 0. The first-order valence-electron chi connectivity index (χ1n) is 9.41. The van der Waals surface area contributed by atoms with Gasteiger partial charge in [0.2, 0.25) is 5.91 Å². The van der Waals surface area contributed by atoms with Crippen LogP contribution < -0.4 is 10.6 Å². The number of hydrogen-bond acceptors (Lipinski definition) is 6. The van der Waals surface area contributed by atoms with Crippen molar-refractivity contribution < 1.29 is 9.59 Å². The number of carbonyl (C=O) groups excluding carboxylic acids is 2. The Morgan fingerprint density at radius 1 is 1.24 bits per heavy atom. The van der Waals surface area contributed by atoms with Crippen molar-refractivity contribution in [3.63, 3.8) is 0 Å². The number of carbonyl (C=O) groups is 2. The van der Waals surface area contributed by atoms with Gasteiger partial charge in [-0.05, 0) is 36.4 Å². The monoisotopic (exact) mass is 427 g/mol. The number of hydrogen-bond donors (Lipinski definition) is 2. The summed E-state index contributed by atoms with van der Waals surface area (Å²) in [6.07, 6.45) is 5.03. The van der Waals surface area contributed by atoms with Crippen molar-refractivity contribution >= 4 is 39.7 Å². The maximum Gasteiger partial charge on any atom is 0.317 e. The topological polar surface area (TPSA) is 87.2 Å². The Hall–Kier alpha value is -2.78. The zero-order valence-corrected chi connectivity index (χ0v) is 17.3. The fourth-order valence-electron chi connectivity index (χ4n) is 3.25. The molecule has 0 aliphatic carbocycles. The second kappa shape index (κ2) is 9.15. The molecule has 7 nitrogen and oxygen atoms in total. The Morgan fingerprint density at radius 2 is 2.17 bits per heavy atom. The lowest BCUT2D eigenvalue weighted by atomic mass is 9.97. The number of nitrogens with one attached hydrogen (secondary N) is 2. The van der Waals surface area contributed by atoms with Gasteiger partial charge in [-0.25, -0.2) is 9.78 Å². The summed E-state index contributed by atoms with van der Waals surface area (Å²) in [5.41, 5.74) is 1.70. The number of nitrogens with zero attached hydrogens (tertiary/aromatic N) is 3. The van der Waals surface area contributed by atoms with E-state index in [1.807, 2.05) is 35.0 Å². The highest BCUT2D eigenvalue weighted by molar-refractivity contribution is 7.14. The van der Waals surface area contributed by atoms with Crippen LogP contribution in [0, 0.1) is 5.92 Å². The van der Waals surface area contributed by atoms with Crippen LogP contribution in [0.25, 0.3) is 11.3 Å². The standard InChI is InChI=1S/C20H21N5O2S2/c26-18(24-19-23-17(13-29-19)14-4-1-7-21-10-14)15-5-2-8-25(12-15)20(27)22-11-16-6-3-9-28-16/h1,3-4,6-7,9-10,13,15H,2,5,8,11-12H2,(H,22,27)(H,23,24,26). The fourth-order valence-corrected chi connectivity index (χ4v) is 4.62. The SMILES string of the molecule is O=C(Nc1nc(-c2cccnc2)cs1)C1CCCN(C(=O)NCc2cccs2)C1. The van der Waals surface area contributed by atoms with Gasteiger partial charge in [-0.1, -0.05) is 6.07 Å². The number of amides is 3. The molecule has 0 radical (unpaired) electrons. The summed E-state index contributed by atoms with van der Waals surface area (Å²) in [5, 5.41) is 10.3. The second-order valence-electron chi connectivity index (χ2n) is 6.79. The van der Waals surface area contributed by atoms with Crippen LogP contribution >= 0.6 is 22.7 Å². The minimum atomic E-state index is -0.234. The number of piperidine rings is 1. The average molecular weight is 428 g/mol. The third-order valence-electron chi connectivity index (χ3n) is 4.76. The van der Waals surface area contributed by atoms with E-state index in [2.05, 4.69) is 20.6 Å². The van der Waals surface area contributed by atoms with Gasteiger partial charge in [-0.15, -0.1) is 22.7 Å². The highest BCUT2D eigenvalue weighted by Gasteiger charge is 2.29. The minimum Gasteiger partial charge on any atom is -0.333 e. The molecule has 3 amide bonds. The first kappa shape index (κ1) is 19.5. The van der Waals surface area contributed by atoms with E-state index in [-0.39, 0.29) is 17.9 Å². The van der Waals surface area contributed by atoms with E-state index in [4.69, 9.17) is 0 Å². The second-order valence-corrected chi connectivity index (χ2v) is 8.68. The molecule has 1 fully saturated rings. The largest absolute Gasteiger partial charge is 0.333 e. The van der Waals surface area contributed by atoms with Crippen molar-refractivity contribution in [2.24, 2.45) is 5.92 Å². The zero-order valence-electron chi connectivity index (χ0n) is 15.7. The molecular weight excluding hydrogens is 406 g/mol. The Bertz CT molecular complexity index is 958. The van der Waals surface area contributed by atoms with E-state index in [0.29, 0.717) is 24.8 Å². The van der Waals surface area contributed by atoms with Gasteiger partial charge in [-0.2, -0.15) is 0 Å². The van der Waals surface area contributed by atoms with Gasteiger partial charge in [0.25, 0.3) is 0 Å². The summed E-state index contributed by atoms with van der Waals surface area (Å²) >= 11 is 3.00. The number of urea groups is 1. The number of thiazole rings is 1. The molecular formula is C20H21N5O2S2. The molecule has 0 spiro atoms. The predicted molar refractivity (Wildman–Crippen MR) is 115 cm³/mol. The third kappa shape index (κ3) is 4.99. The maximum absolute atomic E-state index is 12.7. The van der Waals surface area contributed by atoms with Gasteiger partial charge < -0.3 is 15.5 Å². The molecule has 1 atom stereocenters. The van der Waals surface area contributed by atoms with Crippen LogP contribution in [0.5, 0.6) is 0 Å². The molecule has 1 aliphatic rings. The smallest absolute Gasteiger partial charge is 0.317 e. The van der Waals surface area contributed by atoms with Gasteiger partial charge in [0.1, 0.15) is 0 Å². The molecule has 0 bridgehead atoms. The molecule has 1 saturated heterocycles. The summed E-state index contributed by atoms with van der Waals surface area (Å²) in [4.78, 5) is 36.6. The molecule has 9 heteroatoms. The van der Waals surface area contributed by atoms with Crippen LogP contribution in [0.3, 0.4) is 0 Å². The van der Waals surface area contributed by atoms with Crippen molar-refractivity contribution in [2.75, 3.05) is 18.4 Å². The van der Waals surface area contributed by atoms with Gasteiger partial charge in [-0.3, -0.25) is 9.78 Å². The van der Waals surface area contributed by atoms with Crippen molar-refractivity contribution in [3.8, 4) is 11.3 Å². The lowest BCUT2D eigenvalue weighted by molar-refractivity contribution is -0.121. The van der Waals surface area contributed by atoms with E-state index in [1.54, 1.807) is 28.6 Å². The van der Waals surface area contributed by atoms with Crippen LogP contribution in [0.15, 0.2) is 47.4 Å². The van der Waals surface area contributed by atoms with Crippen molar-refractivity contribution in [1.29, 1.82) is 0 Å². The van der Waals surface area contributed by atoms with E-state index in [1.165, 1.54) is 11.3 Å². The van der Waals surface area contributed by atoms with Gasteiger partial charge in [0.15, 0.2) is 5.13 Å². The van der Waals surface area contributed by atoms with Crippen LogP contribution in [0.1, 0.15) is 17.7 Å². The highest BCUT2D eigenvalue weighted by Crippen LogP contribution is 2.25. The predicted octanol–water partition coefficient (Wildman–Crippen LogP) is 3.83. The first-order chi connectivity index (χ1) is 14.2. The Kier molecular flexibility index (Phi) is 6.16. The highest BCUT2D eigenvalue weighted by atomic mass is 32.1. The van der Waals surface area contributed by atoms with Gasteiger partial charge in [0, 0.05) is 41.3 Å². The average Bonchev–Trinajstić information content (AvgIpc) is 3.45. The third-order valence-corrected chi connectivity index (χ3v) is 6.40. The van der Waals surface area contributed by atoms with E-state index in [0.717, 1.165) is 29.0 Å². The molecule has 2 N–H and O–H groups in total. The maximum atomic E-state index is 12.7. The first-order valence-corrected chi connectivity index (χ1v) is 11.2. The molecule has 150 valence electrons. The molecule has 3 aromatic heterocycles. The lowest BCUT2D eigenvalue weighted by Crippen LogP contribution is -2.47. The van der Waals surface area contributed by atoms with E-state index in [9.17, 15) is 9.59 Å². The van der Waals surface area contributed by atoms with Gasteiger partial charge in [0.05, 0.1) is 18.2 Å². The van der Waals surface area contributed by atoms with Crippen molar-refractivity contribution in [1.82, 2.24) is 20.2 Å². The minimum absolute atomic E-state index is 0.0900. The molecule has 4 heterocycles. The number of thiophene rings is 1. The summed E-state index contributed by atoms with van der Waals surface area (Å²) in [6, 6.07) is 7.62. The Labute approximate surface area is 176 Å². The molecule has 1 aliphatic heterocycles.